The molecule has 0 aromatic heterocycles. The molecule has 19 heavy (non-hydrogen) atoms. The lowest BCUT2D eigenvalue weighted by molar-refractivity contribution is -0.137. The molecular weight excluding hydrogens is 240 g/mol. The summed E-state index contributed by atoms with van der Waals surface area (Å²) in [6.07, 6.45) is 4.71. The van der Waals surface area contributed by atoms with Gasteiger partial charge in [-0.15, -0.1) is 0 Å². The van der Waals surface area contributed by atoms with E-state index in [1.165, 1.54) is 11.1 Å². The quantitative estimate of drug-likeness (QED) is 0.853. The molecule has 3 nitrogen and oxygen atoms in total. The molecule has 2 fully saturated rings. The molecule has 0 heterocycles. The van der Waals surface area contributed by atoms with Crippen LogP contribution >= 0.6 is 0 Å². The van der Waals surface area contributed by atoms with E-state index in [-0.39, 0.29) is 17.9 Å². The van der Waals surface area contributed by atoms with Crippen LogP contribution in [0.3, 0.4) is 0 Å². The molecule has 0 bridgehead atoms. The Bertz CT molecular complexity index is 487. The third-order valence-electron chi connectivity index (χ3n) is 4.52. The molecule has 0 radical (unpaired) electrons. The summed E-state index contributed by atoms with van der Waals surface area (Å²) < 4.78 is 5.61. The van der Waals surface area contributed by atoms with Crippen molar-refractivity contribution in [3.63, 3.8) is 0 Å². The van der Waals surface area contributed by atoms with Gasteiger partial charge in [0.25, 0.3) is 0 Å². The zero-order valence-electron chi connectivity index (χ0n) is 11.3. The van der Waals surface area contributed by atoms with Gasteiger partial charge < -0.3 is 9.84 Å². The number of ether oxygens (including phenoxy) is 1. The topological polar surface area (TPSA) is 46.5 Å². The molecule has 2 saturated carbocycles. The van der Waals surface area contributed by atoms with Crippen LogP contribution in [0.4, 0.5) is 0 Å². The van der Waals surface area contributed by atoms with Crippen molar-refractivity contribution >= 4 is 5.97 Å². The van der Waals surface area contributed by atoms with E-state index in [9.17, 15) is 4.79 Å². The first kappa shape index (κ1) is 12.7. The highest BCUT2D eigenvalue weighted by atomic mass is 16.5. The Morgan fingerprint density at radius 3 is 2.74 bits per heavy atom. The molecule has 1 unspecified atom stereocenters. The van der Waals surface area contributed by atoms with Crippen LogP contribution in [0.5, 0.6) is 0 Å². The predicted octanol–water partition coefficient (Wildman–Crippen LogP) is 3.29. The number of benzene rings is 1. The third kappa shape index (κ3) is 2.52. The van der Waals surface area contributed by atoms with Gasteiger partial charge in [0.1, 0.15) is 0 Å². The average Bonchev–Trinajstić information content (AvgIpc) is 3.29. The first-order valence-corrected chi connectivity index (χ1v) is 7.02. The van der Waals surface area contributed by atoms with Gasteiger partial charge in [0.05, 0.1) is 12.0 Å². The van der Waals surface area contributed by atoms with Gasteiger partial charge in [0.15, 0.2) is 0 Å². The molecule has 0 aliphatic heterocycles. The monoisotopic (exact) mass is 260 g/mol. The van der Waals surface area contributed by atoms with Crippen LogP contribution in [0.2, 0.25) is 0 Å². The van der Waals surface area contributed by atoms with Crippen molar-refractivity contribution in [2.45, 2.75) is 43.6 Å². The van der Waals surface area contributed by atoms with Gasteiger partial charge >= 0.3 is 5.97 Å². The number of methoxy groups -OCH3 is 1. The van der Waals surface area contributed by atoms with Crippen LogP contribution in [-0.4, -0.2) is 18.2 Å². The summed E-state index contributed by atoms with van der Waals surface area (Å²) >= 11 is 0. The molecular formula is C16H20O3. The molecule has 1 N–H and O–H groups in total. The highest BCUT2D eigenvalue weighted by Gasteiger charge is 2.45. The number of hydrogen-bond acceptors (Lipinski definition) is 2. The van der Waals surface area contributed by atoms with Crippen molar-refractivity contribution in [2.75, 3.05) is 7.11 Å². The number of carbonyl (C=O) groups is 1. The Kier molecular flexibility index (Phi) is 3.09. The zero-order chi connectivity index (χ0) is 13.5. The van der Waals surface area contributed by atoms with Crippen molar-refractivity contribution in [3.05, 3.63) is 35.4 Å². The largest absolute Gasteiger partial charge is 0.481 e. The highest BCUT2D eigenvalue weighted by molar-refractivity contribution is 5.68. The Hall–Kier alpha value is -1.35. The van der Waals surface area contributed by atoms with E-state index in [1.54, 1.807) is 7.11 Å². The lowest BCUT2D eigenvalue weighted by atomic mass is 9.89. The van der Waals surface area contributed by atoms with E-state index in [4.69, 9.17) is 9.84 Å². The Balaban J connectivity index is 1.86. The van der Waals surface area contributed by atoms with Gasteiger partial charge in [-0.25, -0.2) is 0 Å². The number of aliphatic carboxylic acids is 1. The maximum absolute atomic E-state index is 11.0. The minimum absolute atomic E-state index is 0.0899. The highest BCUT2D eigenvalue weighted by Crippen LogP contribution is 2.50. The third-order valence-corrected chi connectivity index (χ3v) is 4.52. The normalized spacial score (nSPS) is 21.9. The summed E-state index contributed by atoms with van der Waals surface area (Å²) in [6, 6.07) is 8.38. The second-order valence-corrected chi connectivity index (χ2v) is 5.87. The summed E-state index contributed by atoms with van der Waals surface area (Å²) in [5.74, 6) is 0.0318. The Morgan fingerprint density at radius 2 is 2.21 bits per heavy atom. The van der Waals surface area contributed by atoms with Gasteiger partial charge in [-0.3, -0.25) is 4.79 Å². The van der Waals surface area contributed by atoms with Gasteiger partial charge in [0, 0.05) is 7.11 Å². The van der Waals surface area contributed by atoms with E-state index in [2.05, 4.69) is 18.2 Å². The smallest absolute Gasteiger partial charge is 0.303 e. The fourth-order valence-electron chi connectivity index (χ4n) is 3.02. The standard InChI is InChI=1S/C16H20O3/c1-19-16(7-8-16)13-4-2-3-12(9-13)14(10-15(17)18)11-5-6-11/h2-4,9,11,14H,5-8,10H2,1H3,(H,17,18). The minimum Gasteiger partial charge on any atom is -0.481 e. The predicted molar refractivity (Wildman–Crippen MR) is 72.1 cm³/mol. The molecule has 0 spiro atoms. The van der Waals surface area contributed by atoms with Gasteiger partial charge in [-0.1, -0.05) is 24.3 Å². The number of hydrogen-bond donors (Lipinski definition) is 1. The summed E-state index contributed by atoms with van der Waals surface area (Å²) in [5.41, 5.74) is 2.29. The fourth-order valence-corrected chi connectivity index (χ4v) is 3.02. The molecule has 1 aromatic carbocycles. The number of rotatable bonds is 6. The first-order chi connectivity index (χ1) is 9.14. The molecule has 3 heteroatoms. The zero-order valence-corrected chi connectivity index (χ0v) is 11.3. The number of carboxylic acids is 1. The van der Waals surface area contributed by atoms with Crippen molar-refractivity contribution in [3.8, 4) is 0 Å². The molecule has 2 aliphatic rings. The average molecular weight is 260 g/mol. The van der Waals surface area contributed by atoms with Gasteiger partial charge in [0.2, 0.25) is 0 Å². The maximum atomic E-state index is 11.0. The van der Waals surface area contributed by atoms with E-state index < -0.39 is 5.97 Å². The molecule has 0 amide bonds. The van der Waals surface area contributed by atoms with Crippen LogP contribution in [0, 0.1) is 5.92 Å². The Morgan fingerprint density at radius 1 is 1.47 bits per heavy atom. The first-order valence-electron chi connectivity index (χ1n) is 7.02. The summed E-state index contributed by atoms with van der Waals surface area (Å²) in [4.78, 5) is 11.0. The number of carboxylic acid groups (broad SMARTS) is 1. The second kappa shape index (κ2) is 4.64. The van der Waals surface area contributed by atoms with E-state index in [0.29, 0.717) is 5.92 Å². The summed E-state index contributed by atoms with van der Waals surface area (Å²) in [6.45, 7) is 0. The van der Waals surface area contributed by atoms with Crippen LogP contribution in [0.15, 0.2) is 24.3 Å². The molecule has 1 aromatic rings. The minimum atomic E-state index is -0.699. The molecule has 1 atom stereocenters. The fraction of sp³-hybridized carbons (Fsp3) is 0.562. The summed E-state index contributed by atoms with van der Waals surface area (Å²) in [5, 5.41) is 9.08. The lowest BCUT2D eigenvalue weighted by Gasteiger charge is -2.19. The maximum Gasteiger partial charge on any atom is 0.303 e. The van der Waals surface area contributed by atoms with Gasteiger partial charge in [-0.2, -0.15) is 0 Å². The van der Waals surface area contributed by atoms with E-state index in [1.807, 2.05) is 6.07 Å². The molecule has 2 aliphatic carbocycles. The van der Waals surface area contributed by atoms with E-state index >= 15 is 0 Å². The lowest BCUT2D eigenvalue weighted by Crippen LogP contribution is -2.12. The van der Waals surface area contributed by atoms with Crippen LogP contribution < -0.4 is 0 Å². The van der Waals surface area contributed by atoms with Crippen LogP contribution in [0.25, 0.3) is 0 Å². The van der Waals surface area contributed by atoms with Crippen molar-refractivity contribution in [1.29, 1.82) is 0 Å². The summed E-state index contributed by atoms with van der Waals surface area (Å²) in [7, 11) is 1.76. The SMILES string of the molecule is COC1(c2cccc(C(CC(=O)O)C3CC3)c2)CC1. The van der Waals surface area contributed by atoms with Crippen molar-refractivity contribution in [1.82, 2.24) is 0 Å². The van der Waals surface area contributed by atoms with Crippen LogP contribution in [0.1, 0.15) is 49.1 Å². The van der Waals surface area contributed by atoms with Gasteiger partial charge in [-0.05, 0) is 48.6 Å². The van der Waals surface area contributed by atoms with Crippen molar-refractivity contribution in [2.24, 2.45) is 5.92 Å². The second-order valence-electron chi connectivity index (χ2n) is 5.87. The molecule has 0 saturated heterocycles. The molecule has 3 rings (SSSR count). The Labute approximate surface area is 113 Å². The van der Waals surface area contributed by atoms with Crippen LogP contribution in [-0.2, 0) is 15.1 Å². The van der Waals surface area contributed by atoms with E-state index in [0.717, 1.165) is 25.7 Å². The van der Waals surface area contributed by atoms with Crippen molar-refractivity contribution < 1.29 is 14.6 Å². The molecule has 102 valence electrons.